The first kappa shape index (κ1) is 17.7. The van der Waals surface area contributed by atoms with Crippen LogP contribution in [0.3, 0.4) is 0 Å². The normalized spacial score (nSPS) is 11.4. The lowest BCUT2D eigenvalue weighted by atomic mass is 10.2. The highest BCUT2D eigenvalue weighted by molar-refractivity contribution is 7.80. The second kappa shape index (κ2) is 8.31. The average Bonchev–Trinajstić information content (AvgIpc) is 2.60. The highest BCUT2D eigenvalue weighted by atomic mass is 32.1. The fraction of sp³-hybridized carbons (Fsp3) is 0.222. The maximum atomic E-state index is 11.5. The first-order valence-corrected chi connectivity index (χ1v) is 7.91. The Morgan fingerprint density at radius 1 is 1.21 bits per heavy atom. The maximum absolute atomic E-state index is 11.5. The Morgan fingerprint density at radius 3 is 2.46 bits per heavy atom. The second-order valence-electron chi connectivity index (χ2n) is 5.26. The van der Waals surface area contributed by atoms with E-state index >= 15 is 0 Å². The van der Waals surface area contributed by atoms with E-state index in [-0.39, 0.29) is 0 Å². The van der Waals surface area contributed by atoms with Crippen LogP contribution in [0.15, 0.2) is 54.6 Å². The fourth-order valence-corrected chi connectivity index (χ4v) is 2.57. The summed E-state index contributed by atoms with van der Waals surface area (Å²) in [4.78, 5) is 13.1. The molecule has 0 bridgehead atoms. The maximum Gasteiger partial charge on any atom is 0.326 e. The van der Waals surface area contributed by atoms with Crippen LogP contribution >= 0.6 is 12.2 Å². The van der Waals surface area contributed by atoms with Crippen LogP contribution in [-0.2, 0) is 11.3 Å². The zero-order valence-corrected chi connectivity index (χ0v) is 14.4. The lowest BCUT2D eigenvalue weighted by molar-refractivity contribution is -0.141. The molecule has 0 aliphatic rings. The van der Waals surface area contributed by atoms with Crippen molar-refractivity contribution in [3.8, 4) is 5.75 Å². The van der Waals surface area contributed by atoms with Gasteiger partial charge in [-0.25, -0.2) is 4.79 Å². The first-order valence-electron chi connectivity index (χ1n) is 7.50. The molecule has 0 saturated heterocycles. The summed E-state index contributed by atoms with van der Waals surface area (Å²) in [5, 5.41) is 12.8. The van der Waals surface area contributed by atoms with Crippen LogP contribution in [0, 0.1) is 0 Å². The topological polar surface area (TPSA) is 61.8 Å². The van der Waals surface area contributed by atoms with Gasteiger partial charge in [-0.2, -0.15) is 0 Å². The third-order valence-electron chi connectivity index (χ3n) is 3.63. The largest absolute Gasteiger partial charge is 0.495 e. The molecule has 0 saturated carbocycles. The van der Waals surface area contributed by atoms with E-state index in [1.165, 1.54) is 0 Å². The van der Waals surface area contributed by atoms with Gasteiger partial charge in [0.05, 0.1) is 12.8 Å². The van der Waals surface area contributed by atoms with E-state index in [0.29, 0.717) is 23.1 Å². The highest BCUT2D eigenvalue weighted by Crippen LogP contribution is 2.24. The summed E-state index contributed by atoms with van der Waals surface area (Å²) < 4.78 is 5.30. The molecular formula is C18H20N2O3S. The predicted octanol–water partition coefficient (Wildman–Crippen LogP) is 3.37. The molecule has 0 spiro atoms. The Kier molecular flexibility index (Phi) is 6.14. The minimum absolute atomic E-state index is 0.332. The van der Waals surface area contributed by atoms with E-state index < -0.39 is 12.0 Å². The number of carbonyl (C=O) groups is 1. The number of thiocarbonyl (C=S) groups is 1. The number of carboxylic acids is 1. The number of benzene rings is 2. The van der Waals surface area contributed by atoms with E-state index in [9.17, 15) is 9.90 Å². The molecule has 0 amide bonds. The number of carboxylic acid groups (broad SMARTS) is 1. The van der Waals surface area contributed by atoms with Gasteiger partial charge in [-0.1, -0.05) is 42.5 Å². The quantitative estimate of drug-likeness (QED) is 0.784. The smallest absolute Gasteiger partial charge is 0.326 e. The molecule has 6 heteroatoms. The summed E-state index contributed by atoms with van der Waals surface area (Å²) in [7, 11) is 1.57. The van der Waals surface area contributed by atoms with Crippen molar-refractivity contribution in [3.05, 3.63) is 60.2 Å². The minimum Gasteiger partial charge on any atom is -0.495 e. The summed E-state index contributed by atoms with van der Waals surface area (Å²) in [6, 6.07) is 16.2. The Hall–Kier alpha value is -2.60. The number of aliphatic carboxylic acids is 1. The van der Waals surface area contributed by atoms with Crippen LogP contribution in [-0.4, -0.2) is 34.2 Å². The summed E-state index contributed by atoms with van der Waals surface area (Å²) in [5.41, 5.74) is 1.68. The van der Waals surface area contributed by atoms with Crippen LogP contribution in [0.5, 0.6) is 5.75 Å². The number of rotatable bonds is 6. The van der Waals surface area contributed by atoms with Crippen LogP contribution in [0.1, 0.15) is 12.5 Å². The van der Waals surface area contributed by atoms with Crippen LogP contribution in [0.4, 0.5) is 5.69 Å². The van der Waals surface area contributed by atoms with Gasteiger partial charge in [0.15, 0.2) is 5.11 Å². The number of methoxy groups -OCH3 is 1. The second-order valence-corrected chi connectivity index (χ2v) is 5.64. The Labute approximate surface area is 146 Å². The SMILES string of the molecule is COc1ccccc1NC(=S)N(Cc1ccccc1)C(C)C(=O)O. The molecule has 1 atom stereocenters. The Balaban J connectivity index is 2.22. The van der Waals surface area contributed by atoms with Crippen molar-refractivity contribution in [2.75, 3.05) is 12.4 Å². The Bertz CT molecular complexity index is 706. The zero-order chi connectivity index (χ0) is 17.5. The van der Waals surface area contributed by atoms with E-state index in [4.69, 9.17) is 17.0 Å². The molecule has 0 aromatic heterocycles. The molecule has 2 N–H and O–H groups in total. The fourth-order valence-electron chi connectivity index (χ4n) is 2.23. The number of ether oxygens (including phenoxy) is 1. The molecule has 0 aliphatic carbocycles. The number of nitrogens with one attached hydrogen (secondary N) is 1. The number of nitrogens with zero attached hydrogens (tertiary/aromatic N) is 1. The first-order chi connectivity index (χ1) is 11.5. The van der Waals surface area contributed by atoms with Gasteiger partial charge < -0.3 is 20.1 Å². The molecule has 1 unspecified atom stereocenters. The third kappa shape index (κ3) is 4.45. The lowest BCUT2D eigenvalue weighted by Gasteiger charge is -2.29. The predicted molar refractivity (Wildman–Crippen MR) is 98.3 cm³/mol. The van der Waals surface area contributed by atoms with Gasteiger partial charge in [-0.05, 0) is 36.8 Å². The number of anilines is 1. The molecule has 2 rings (SSSR count). The molecule has 2 aromatic carbocycles. The molecule has 2 aromatic rings. The number of hydrogen-bond acceptors (Lipinski definition) is 3. The molecule has 0 heterocycles. The minimum atomic E-state index is -0.935. The summed E-state index contributed by atoms with van der Waals surface area (Å²) in [6.07, 6.45) is 0. The van der Waals surface area contributed by atoms with Gasteiger partial charge in [-0.15, -0.1) is 0 Å². The average molecular weight is 344 g/mol. The zero-order valence-electron chi connectivity index (χ0n) is 13.6. The van der Waals surface area contributed by atoms with Gasteiger partial charge in [0.2, 0.25) is 0 Å². The highest BCUT2D eigenvalue weighted by Gasteiger charge is 2.23. The van der Waals surface area contributed by atoms with Gasteiger partial charge in [0.25, 0.3) is 0 Å². The van der Waals surface area contributed by atoms with Gasteiger partial charge in [0, 0.05) is 6.54 Å². The van der Waals surface area contributed by atoms with Crippen molar-refractivity contribution >= 4 is 29.0 Å². The molecule has 126 valence electrons. The molecule has 0 fully saturated rings. The van der Waals surface area contributed by atoms with E-state index in [0.717, 1.165) is 5.56 Å². The molecular weight excluding hydrogens is 324 g/mol. The van der Waals surface area contributed by atoms with Crippen LogP contribution < -0.4 is 10.1 Å². The van der Waals surface area contributed by atoms with Crippen molar-refractivity contribution in [2.24, 2.45) is 0 Å². The van der Waals surface area contributed by atoms with Crippen molar-refractivity contribution < 1.29 is 14.6 Å². The standard InChI is InChI=1S/C18H20N2O3S/c1-13(17(21)22)20(12-14-8-4-3-5-9-14)18(24)19-15-10-6-7-11-16(15)23-2/h3-11,13H,12H2,1-2H3,(H,19,24)(H,21,22). The van der Waals surface area contributed by atoms with Crippen molar-refractivity contribution in [1.29, 1.82) is 0 Å². The number of para-hydroxylation sites is 2. The summed E-state index contributed by atoms with van der Waals surface area (Å²) >= 11 is 5.46. The molecule has 5 nitrogen and oxygen atoms in total. The van der Waals surface area contributed by atoms with Gasteiger partial charge in [0.1, 0.15) is 11.8 Å². The van der Waals surface area contributed by atoms with Crippen molar-refractivity contribution in [3.63, 3.8) is 0 Å². The summed E-state index contributed by atoms with van der Waals surface area (Å²) in [5.74, 6) is -0.294. The molecule has 0 radical (unpaired) electrons. The molecule has 24 heavy (non-hydrogen) atoms. The van der Waals surface area contributed by atoms with E-state index in [1.54, 1.807) is 18.9 Å². The van der Waals surface area contributed by atoms with Crippen LogP contribution in [0.25, 0.3) is 0 Å². The van der Waals surface area contributed by atoms with Crippen molar-refractivity contribution in [1.82, 2.24) is 4.90 Å². The van der Waals surface area contributed by atoms with Gasteiger partial charge in [-0.3, -0.25) is 0 Å². The monoisotopic (exact) mass is 344 g/mol. The van der Waals surface area contributed by atoms with Gasteiger partial charge >= 0.3 is 5.97 Å². The Morgan fingerprint density at radius 2 is 1.83 bits per heavy atom. The lowest BCUT2D eigenvalue weighted by Crippen LogP contribution is -2.44. The van der Waals surface area contributed by atoms with Crippen molar-refractivity contribution in [2.45, 2.75) is 19.5 Å². The van der Waals surface area contributed by atoms with Crippen LogP contribution in [0.2, 0.25) is 0 Å². The third-order valence-corrected chi connectivity index (χ3v) is 3.97. The number of hydrogen-bond donors (Lipinski definition) is 2. The molecule has 0 aliphatic heterocycles. The van der Waals surface area contributed by atoms with E-state index in [2.05, 4.69) is 5.32 Å². The van der Waals surface area contributed by atoms with E-state index in [1.807, 2.05) is 54.6 Å². The summed E-state index contributed by atoms with van der Waals surface area (Å²) in [6.45, 7) is 2.01.